The molecule has 3 aromatic rings. The van der Waals surface area contributed by atoms with E-state index in [1.165, 1.54) is 41.2 Å². The first-order valence-electron chi connectivity index (χ1n) is 9.74. The highest BCUT2D eigenvalue weighted by atomic mass is 31.2. The minimum Gasteiger partial charge on any atom is -0.508 e. The minimum absolute atomic E-state index is 0.00717. The highest BCUT2D eigenvalue weighted by Crippen LogP contribution is 2.42. The maximum absolute atomic E-state index is 12.8. The molecule has 1 unspecified atom stereocenters. The second-order valence-electron chi connectivity index (χ2n) is 7.40. The fourth-order valence-corrected chi connectivity index (χ4v) is 4.02. The lowest BCUT2D eigenvalue weighted by atomic mass is 10.0. The van der Waals surface area contributed by atoms with Crippen molar-refractivity contribution in [2.75, 3.05) is 5.73 Å². The Bertz CT molecular complexity index is 1270. The van der Waals surface area contributed by atoms with E-state index in [-0.39, 0.29) is 22.7 Å². The molecular formula is C19H20N5O9P. The summed E-state index contributed by atoms with van der Waals surface area (Å²) in [4.78, 5) is 43.3. The van der Waals surface area contributed by atoms with Gasteiger partial charge in [0.15, 0.2) is 29.6 Å². The van der Waals surface area contributed by atoms with Gasteiger partial charge in [-0.1, -0.05) is 18.2 Å². The van der Waals surface area contributed by atoms with Crippen molar-refractivity contribution in [3.05, 3.63) is 48.6 Å². The molecule has 180 valence electrons. The van der Waals surface area contributed by atoms with E-state index in [2.05, 4.69) is 19.5 Å². The third kappa shape index (κ3) is 4.83. The van der Waals surface area contributed by atoms with Gasteiger partial charge < -0.3 is 35.6 Å². The van der Waals surface area contributed by atoms with Crippen LogP contribution in [0, 0.1) is 0 Å². The van der Waals surface area contributed by atoms with Crippen molar-refractivity contribution in [1.82, 2.24) is 19.5 Å². The van der Waals surface area contributed by atoms with Gasteiger partial charge in [-0.25, -0.2) is 19.5 Å². The van der Waals surface area contributed by atoms with Crippen LogP contribution in [-0.2, 0) is 18.6 Å². The number of nitrogens with zero attached hydrogens (tertiary/aromatic N) is 4. The number of hydrogen-bond acceptors (Lipinski definition) is 11. The van der Waals surface area contributed by atoms with Gasteiger partial charge in [0.25, 0.3) is 0 Å². The molecule has 0 radical (unpaired) electrons. The number of aliphatic hydroxyl groups excluding tert-OH is 2. The lowest BCUT2D eigenvalue weighted by Gasteiger charge is -2.24. The average molecular weight is 493 g/mol. The molecule has 1 aliphatic rings. The van der Waals surface area contributed by atoms with Gasteiger partial charge in [0.1, 0.15) is 35.9 Å². The van der Waals surface area contributed by atoms with Gasteiger partial charge in [0, 0.05) is 0 Å². The van der Waals surface area contributed by atoms with E-state index in [0.717, 1.165) is 12.4 Å². The normalized spacial score (nSPS) is 24.1. The number of hydrogen-bond donors (Lipinski definition) is 6. The number of anilines is 1. The number of nitrogen functional groups attached to an aromatic ring is 1. The minimum atomic E-state index is -5.22. The highest BCUT2D eigenvalue weighted by molar-refractivity contribution is 7.46. The number of phosphoric acid groups is 1. The SMILES string of the molecule is Nc1ncnc2c1ncn2[C@@H]1O[C@H](C(OP(=O)(O)O)C(=O)C=Cc2ccc(O)cc2)[C@@H](O)[C@H]1O. The van der Waals surface area contributed by atoms with Gasteiger partial charge in [-0.3, -0.25) is 13.9 Å². The van der Waals surface area contributed by atoms with Crippen molar-refractivity contribution >= 4 is 36.7 Å². The van der Waals surface area contributed by atoms with E-state index in [4.69, 9.17) is 10.5 Å². The fraction of sp³-hybridized carbons (Fsp3) is 0.263. The standard InChI is InChI=1S/C19H20N5O9P/c20-17-12-18(22-7-21-17)24(8-23-12)19-14(28)13(27)16(32-19)15(33-34(29,30)31)11(26)6-3-9-1-4-10(25)5-2-9/h1-8,13-16,19,25,27-28H,(H2,20,21,22)(H2,29,30,31)/t13-,14+,15?,16-,19+/m0/s1. The molecule has 0 amide bonds. The summed E-state index contributed by atoms with van der Waals surface area (Å²) in [6.45, 7) is 0. The summed E-state index contributed by atoms with van der Waals surface area (Å²) in [6.07, 6.45) is -3.72. The molecule has 34 heavy (non-hydrogen) atoms. The molecule has 15 heteroatoms. The number of imidazole rings is 1. The van der Waals surface area contributed by atoms with Crippen LogP contribution in [0.2, 0.25) is 0 Å². The average Bonchev–Trinajstić information content (AvgIpc) is 3.33. The van der Waals surface area contributed by atoms with Gasteiger partial charge in [-0.2, -0.15) is 0 Å². The van der Waals surface area contributed by atoms with Crippen molar-refractivity contribution in [3.8, 4) is 5.75 Å². The summed E-state index contributed by atoms with van der Waals surface area (Å²) >= 11 is 0. The second-order valence-corrected chi connectivity index (χ2v) is 8.59. The van der Waals surface area contributed by atoms with Crippen LogP contribution in [0.5, 0.6) is 5.75 Å². The number of carbonyl (C=O) groups excluding carboxylic acids is 1. The molecule has 2 aromatic heterocycles. The predicted molar refractivity (Wildman–Crippen MR) is 115 cm³/mol. The zero-order chi connectivity index (χ0) is 24.6. The van der Waals surface area contributed by atoms with Crippen LogP contribution in [0.25, 0.3) is 17.2 Å². The number of fused-ring (bicyclic) bond motifs is 1. The topological polar surface area (TPSA) is 223 Å². The summed E-state index contributed by atoms with van der Waals surface area (Å²) in [5.41, 5.74) is 6.61. The Morgan fingerprint density at radius 3 is 2.56 bits per heavy atom. The number of phosphoric ester groups is 1. The van der Waals surface area contributed by atoms with Crippen molar-refractivity contribution in [3.63, 3.8) is 0 Å². The van der Waals surface area contributed by atoms with Crippen LogP contribution in [0.1, 0.15) is 11.8 Å². The zero-order valence-electron chi connectivity index (χ0n) is 17.2. The molecule has 0 aliphatic carbocycles. The zero-order valence-corrected chi connectivity index (χ0v) is 18.1. The molecule has 1 saturated heterocycles. The van der Waals surface area contributed by atoms with E-state index in [1.807, 2.05) is 0 Å². The quantitative estimate of drug-likeness (QED) is 0.180. The number of ether oxygens (including phenoxy) is 1. The Labute approximate surface area is 191 Å². The van der Waals surface area contributed by atoms with Gasteiger partial charge in [-0.15, -0.1) is 0 Å². The molecule has 1 fully saturated rings. The Hall–Kier alpha value is -3.23. The molecule has 0 spiro atoms. The molecule has 7 N–H and O–H groups in total. The number of nitrogens with two attached hydrogens (primary N) is 1. The smallest absolute Gasteiger partial charge is 0.470 e. The van der Waals surface area contributed by atoms with E-state index in [0.29, 0.717) is 5.56 Å². The van der Waals surface area contributed by atoms with Gasteiger partial charge >= 0.3 is 7.82 Å². The molecule has 3 heterocycles. The summed E-state index contributed by atoms with van der Waals surface area (Å²) in [5, 5.41) is 30.5. The van der Waals surface area contributed by atoms with Crippen LogP contribution in [0.4, 0.5) is 5.82 Å². The number of phenolic OH excluding ortho intramolecular Hbond substituents is 1. The molecule has 1 aromatic carbocycles. The van der Waals surface area contributed by atoms with Crippen LogP contribution in [0.15, 0.2) is 43.0 Å². The van der Waals surface area contributed by atoms with Gasteiger partial charge in [-0.05, 0) is 23.8 Å². The number of carbonyl (C=O) groups is 1. The third-order valence-electron chi connectivity index (χ3n) is 5.10. The van der Waals surface area contributed by atoms with Crippen molar-refractivity contribution in [1.29, 1.82) is 0 Å². The van der Waals surface area contributed by atoms with Crippen LogP contribution >= 0.6 is 7.82 Å². The van der Waals surface area contributed by atoms with Crippen LogP contribution < -0.4 is 5.73 Å². The first-order valence-corrected chi connectivity index (χ1v) is 11.3. The van der Waals surface area contributed by atoms with E-state index in [9.17, 15) is 34.5 Å². The molecule has 14 nitrogen and oxygen atoms in total. The van der Waals surface area contributed by atoms with Crippen molar-refractivity contribution in [2.24, 2.45) is 0 Å². The highest BCUT2D eigenvalue weighted by Gasteiger charge is 2.51. The van der Waals surface area contributed by atoms with Crippen molar-refractivity contribution in [2.45, 2.75) is 30.6 Å². The molecule has 0 bridgehead atoms. The third-order valence-corrected chi connectivity index (χ3v) is 5.60. The number of phenols is 1. The fourth-order valence-electron chi connectivity index (χ4n) is 3.50. The Balaban J connectivity index is 1.63. The van der Waals surface area contributed by atoms with Gasteiger partial charge in [0.05, 0.1) is 6.33 Å². The molecule has 0 saturated carbocycles. The van der Waals surface area contributed by atoms with Crippen LogP contribution in [0.3, 0.4) is 0 Å². The first kappa shape index (κ1) is 23.9. The lowest BCUT2D eigenvalue weighted by Crippen LogP contribution is -2.43. The number of ketones is 1. The predicted octanol–water partition coefficient (Wildman–Crippen LogP) is -0.506. The van der Waals surface area contributed by atoms with Crippen molar-refractivity contribution < 1.29 is 43.7 Å². The number of aromatic nitrogens is 4. The van der Waals surface area contributed by atoms with E-state index >= 15 is 0 Å². The van der Waals surface area contributed by atoms with E-state index in [1.54, 1.807) is 0 Å². The first-order chi connectivity index (χ1) is 16.0. The largest absolute Gasteiger partial charge is 0.508 e. The molecular weight excluding hydrogens is 473 g/mol. The summed E-state index contributed by atoms with van der Waals surface area (Å²) in [7, 11) is -5.22. The van der Waals surface area contributed by atoms with Gasteiger partial charge in [0.2, 0.25) is 0 Å². The van der Waals surface area contributed by atoms with Crippen LogP contribution in [-0.4, -0.2) is 74.8 Å². The summed E-state index contributed by atoms with van der Waals surface area (Å²) < 4.78 is 23.1. The molecule has 5 atom stereocenters. The Kier molecular flexibility index (Phi) is 6.47. The molecule has 1 aliphatic heterocycles. The number of benzene rings is 1. The number of rotatable bonds is 7. The summed E-state index contributed by atoms with van der Waals surface area (Å²) in [6, 6.07) is 5.75. The Morgan fingerprint density at radius 2 is 1.88 bits per heavy atom. The second kappa shape index (κ2) is 9.19. The molecule has 4 rings (SSSR count). The summed E-state index contributed by atoms with van der Waals surface area (Å²) in [5.74, 6) is -0.881. The monoisotopic (exact) mass is 493 g/mol. The maximum atomic E-state index is 12.8. The lowest BCUT2D eigenvalue weighted by molar-refractivity contribution is -0.135. The van der Waals surface area contributed by atoms with E-state index < -0.39 is 44.2 Å². The maximum Gasteiger partial charge on any atom is 0.470 e. The number of aliphatic hydroxyl groups is 2. The Morgan fingerprint density at radius 1 is 1.18 bits per heavy atom. The number of aromatic hydroxyl groups is 1.